The Morgan fingerprint density at radius 1 is 1.38 bits per heavy atom. The number of carbonyl (C=O) groups is 1. The van der Waals surface area contributed by atoms with Crippen LogP contribution in [0.3, 0.4) is 0 Å². The molecule has 1 N–H and O–H groups in total. The lowest BCUT2D eigenvalue weighted by atomic mass is 9.93. The van der Waals surface area contributed by atoms with Gasteiger partial charge in [-0.05, 0) is 37.5 Å². The summed E-state index contributed by atoms with van der Waals surface area (Å²) in [4.78, 5) is 14.7. The van der Waals surface area contributed by atoms with E-state index in [4.69, 9.17) is 0 Å². The van der Waals surface area contributed by atoms with Gasteiger partial charge < -0.3 is 4.90 Å². The van der Waals surface area contributed by atoms with Gasteiger partial charge in [-0.2, -0.15) is 5.10 Å². The zero-order valence-corrected chi connectivity index (χ0v) is 13.6. The van der Waals surface area contributed by atoms with E-state index in [0.717, 1.165) is 48.2 Å². The van der Waals surface area contributed by atoms with E-state index in [2.05, 4.69) is 27.4 Å². The number of hydrogen-bond donors (Lipinski definition) is 1. The molecule has 1 amide bonds. The Morgan fingerprint density at radius 2 is 2.25 bits per heavy atom. The lowest BCUT2D eigenvalue weighted by molar-refractivity contribution is -0.133. The van der Waals surface area contributed by atoms with Gasteiger partial charge in [0, 0.05) is 24.7 Å². The number of nitrogens with zero attached hydrogens (tertiary/aromatic N) is 5. The molecule has 3 heterocycles. The summed E-state index contributed by atoms with van der Waals surface area (Å²) in [5.74, 6) is 0.421. The Labute approximate surface area is 139 Å². The van der Waals surface area contributed by atoms with Crippen LogP contribution in [-0.2, 0) is 11.3 Å². The van der Waals surface area contributed by atoms with Crippen LogP contribution in [0.1, 0.15) is 30.0 Å². The molecule has 7 nitrogen and oxygen atoms in total. The molecule has 124 valence electrons. The number of aromatic amines is 1. The summed E-state index contributed by atoms with van der Waals surface area (Å²) in [5, 5.41) is 15.4. The molecule has 1 fully saturated rings. The lowest BCUT2D eigenvalue weighted by Gasteiger charge is -2.32. The van der Waals surface area contributed by atoms with Crippen LogP contribution in [-0.4, -0.2) is 49.1 Å². The minimum atomic E-state index is 0.0903. The minimum absolute atomic E-state index is 0.0903. The number of hydrogen-bond acceptors (Lipinski definition) is 4. The summed E-state index contributed by atoms with van der Waals surface area (Å²) in [7, 11) is 0. The van der Waals surface area contributed by atoms with E-state index < -0.39 is 0 Å². The number of likely N-dealkylation sites (tertiary alicyclic amines) is 1. The molecule has 0 bridgehead atoms. The van der Waals surface area contributed by atoms with Crippen molar-refractivity contribution in [1.29, 1.82) is 0 Å². The van der Waals surface area contributed by atoms with Crippen LogP contribution in [0, 0.1) is 6.92 Å². The Balaban J connectivity index is 1.49. The second-order valence-corrected chi connectivity index (χ2v) is 6.38. The van der Waals surface area contributed by atoms with Crippen molar-refractivity contribution in [3.63, 3.8) is 0 Å². The van der Waals surface area contributed by atoms with Crippen molar-refractivity contribution in [2.24, 2.45) is 0 Å². The second kappa shape index (κ2) is 6.07. The molecule has 24 heavy (non-hydrogen) atoms. The number of aryl methyl sites for hydroxylation is 1. The Morgan fingerprint density at radius 3 is 3.08 bits per heavy atom. The third kappa shape index (κ3) is 2.66. The van der Waals surface area contributed by atoms with E-state index in [1.54, 1.807) is 4.68 Å². The third-order valence-electron chi connectivity index (χ3n) is 4.76. The number of fused-ring (bicyclic) bond motifs is 1. The first-order valence-corrected chi connectivity index (χ1v) is 8.28. The molecule has 2 aromatic heterocycles. The summed E-state index contributed by atoms with van der Waals surface area (Å²) in [5.41, 5.74) is 4.02. The smallest absolute Gasteiger partial charge is 0.244 e. The van der Waals surface area contributed by atoms with E-state index >= 15 is 0 Å². The van der Waals surface area contributed by atoms with Crippen molar-refractivity contribution >= 4 is 16.9 Å². The van der Waals surface area contributed by atoms with Crippen molar-refractivity contribution < 1.29 is 4.79 Å². The fourth-order valence-corrected chi connectivity index (χ4v) is 3.47. The highest BCUT2D eigenvalue weighted by molar-refractivity contribution is 5.80. The van der Waals surface area contributed by atoms with E-state index in [1.807, 2.05) is 35.4 Å². The number of para-hydroxylation sites is 1. The zero-order chi connectivity index (χ0) is 16.5. The predicted molar refractivity (Wildman–Crippen MR) is 89.4 cm³/mol. The van der Waals surface area contributed by atoms with Gasteiger partial charge in [-0.3, -0.25) is 9.89 Å². The SMILES string of the molecule is Cc1cn[nH]c1[C@@H]1CCCN(C(=O)Cn2nnc3ccccc32)C1. The van der Waals surface area contributed by atoms with E-state index in [-0.39, 0.29) is 12.5 Å². The van der Waals surface area contributed by atoms with Crippen LogP contribution in [0.4, 0.5) is 0 Å². The van der Waals surface area contributed by atoms with Crippen LogP contribution in [0.15, 0.2) is 30.5 Å². The van der Waals surface area contributed by atoms with Gasteiger partial charge in [0.15, 0.2) is 0 Å². The van der Waals surface area contributed by atoms with Gasteiger partial charge in [0.2, 0.25) is 5.91 Å². The summed E-state index contributed by atoms with van der Waals surface area (Å²) < 4.78 is 1.68. The monoisotopic (exact) mass is 324 g/mol. The van der Waals surface area contributed by atoms with E-state index in [0.29, 0.717) is 5.92 Å². The quantitative estimate of drug-likeness (QED) is 0.797. The summed E-state index contributed by atoms with van der Waals surface area (Å²) in [6.07, 6.45) is 3.93. The molecule has 1 atom stereocenters. The maximum absolute atomic E-state index is 12.7. The van der Waals surface area contributed by atoms with Crippen LogP contribution >= 0.6 is 0 Å². The second-order valence-electron chi connectivity index (χ2n) is 6.38. The number of amides is 1. The Bertz CT molecular complexity index is 867. The first-order valence-electron chi connectivity index (χ1n) is 8.28. The molecule has 0 unspecified atom stereocenters. The topological polar surface area (TPSA) is 79.7 Å². The van der Waals surface area contributed by atoms with E-state index in [1.165, 1.54) is 0 Å². The lowest BCUT2D eigenvalue weighted by Crippen LogP contribution is -2.41. The largest absolute Gasteiger partial charge is 0.340 e. The van der Waals surface area contributed by atoms with Crippen molar-refractivity contribution in [2.45, 2.75) is 32.2 Å². The van der Waals surface area contributed by atoms with E-state index in [9.17, 15) is 4.79 Å². The van der Waals surface area contributed by atoms with Gasteiger partial charge in [0.25, 0.3) is 0 Å². The number of benzene rings is 1. The first-order chi connectivity index (χ1) is 11.7. The molecule has 1 aliphatic rings. The fourth-order valence-electron chi connectivity index (χ4n) is 3.47. The van der Waals surface area contributed by atoms with Gasteiger partial charge in [-0.15, -0.1) is 5.10 Å². The number of rotatable bonds is 3. The molecule has 1 aromatic carbocycles. The van der Waals surface area contributed by atoms with Crippen molar-refractivity contribution in [1.82, 2.24) is 30.1 Å². The molecule has 0 saturated carbocycles. The number of aromatic nitrogens is 5. The molecule has 0 aliphatic carbocycles. The standard InChI is InChI=1S/C17H20N6O/c1-12-9-18-20-17(12)13-5-4-8-22(10-13)16(24)11-23-15-7-3-2-6-14(15)19-21-23/h2-3,6-7,9,13H,4-5,8,10-11H2,1H3,(H,18,20)/t13-/m1/s1. The zero-order valence-electron chi connectivity index (χ0n) is 13.6. The first kappa shape index (κ1) is 14.9. The molecule has 0 radical (unpaired) electrons. The molecule has 1 saturated heterocycles. The number of piperidine rings is 1. The molecule has 1 aliphatic heterocycles. The van der Waals surface area contributed by atoms with Crippen molar-refractivity contribution in [2.75, 3.05) is 13.1 Å². The molecular weight excluding hydrogens is 304 g/mol. The van der Waals surface area contributed by atoms with Crippen LogP contribution in [0.5, 0.6) is 0 Å². The average Bonchev–Trinajstić information content (AvgIpc) is 3.22. The number of carbonyl (C=O) groups excluding carboxylic acids is 1. The minimum Gasteiger partial charge on any atom is -0.340 e. The van der Waals surface area contributed by atoms with Gasteiger partial charge in [0.05, 0.1) is 11.7 Å². The van der Waals surface area contributed by atoms with Crippen LogP contribution < -0.4 is 0 Å². The van der Waals surface area contributed by atoms with Gasteiger partial charge in [0.1, 0.15) is 12.1 Å². The van der Waals surface area contributed by atoms with Gasteiger partial charge in [-0.1, -0.05) is 17.3 Å². The van der Waals surface area contributed by atoms with Gasteiger partial charge >= 0.3 is 0 Å². The third-order valence-corrected chi connectivity index (χ3v) is 4.76. The highest BCUT2D eigenvalue weighted by atomic mass is 16.2. The van der Waals surface area contributed by atoms with Gasteiger partial charge in [-0.25, -0.2) is 4.68 Å². The maximum atomic E-state index is 12.7. The molecule has 3 aromatic rings. The molecule has 0 spiro atoms. The predicted octanol–water partition coefficient (Wildman–Crippen LogP) is 1.87. The number of H-pyrrole nitrogens is 1. The fraction of sp³-hybridized carbons (Fsp3) is 0.412. The summed E-state index contributed by atoms with van der Waals surface area (Å²) >= 11 is 0. The van der Waals surface area contributed by atoms with Crippen LogP contribution in [0.25, 0.3) is 11.0 Å². The Kier molecular flexibility index (Phi) is 3.76. The molecule has 4 rings (SSSR count). The molecule has 7 heteroatoms. The number of nitrogens with one attached hydrogen (secondary N) is 1. The highest BCUT2D eigenvalue weighted by Crippen LogP contribution is 2.27. The summed E-state index contributed by atoms with van der Waals surface area (Å²) in [6, 6.07) is 7.70. The average molecular weight is 324 g/mol. The Hall–Kier alpha value is -2.70. The maximum Gasteiger partial charge on any atom is 0.244 e. The van der Waals surface area contributed by atoms with Crippen molar-refractivity contribution in [3.05, 3.63) is 41.7 Å². The highest BCUT2D eigenvalue weighted by Gasteiger charge is 2.27. The molecular formula is C17H20N6O. The van der Waals surface area contributed by atoms with Crippen molar-refractivity contribution in [3.8, 4) is 0 Å². The normalized spacial score (nSPS) is 18.2. The van der Waals surface area contributed by atoms with Crippen LogP contribution in [0.2, 0.25) is 0 Å². The summed E-state index contributed by atoms with van der Waals surface area (Å²) in [6.45, 7) is 3.82.